The molecule has 4 rings (SSSR count). The first-order valence-electron chi connectivity index (χ1n) is 11.2. The second kappa shape index (κ2) is 11.9. The van der Waals surface area contributed by atoms with Crippen LogP contribution in [0.25, 0.3) is 0 Å². The third-order valence-corrected chi connectivity index (χ3v) is 6.39. The lowest BCUT2D eigenvalue weighted by Crippen LogP contribution is -2.22. The topological polar surface area (TPSA) is 131 Å². The predicted octanol–water partition coefficient (Wildman–Crippen LogP) is 4.60. The molecule has 11 nitrogen and oxygen atoms in total. The Labute approximate surface area is 224 Å². The van der Waals surface area contributed by atoms with Crippen LogP contribution in [0.15, 0.2) is 29.6 Å². The van der Waals surface area contributed by atoms with E-state index in [4.69, 9.17) is 23.7 Å². The summed E-state index contributed by atoms with van der Waals surface area (Å²) in [6, 6.07) is 3.83. The van der Waals surface area contributed by atoms with Crippen molar-refractivity contribution >= 4 is 40.7 Å². The molecule has 0 saturated carbocycles. The highest BCUT2D eigenvalue weighted by Crippen LogP contribution is 2.38. The molecule has 2 amide bonds. The quantitative estimate of drug-likeness (QED) is 0.377. The molecule has 206 valence electrons. The van der Waals surface area contributed by atoms with Crippen molar-refractivity contribution in [2.45, 2.75) is 6.61 Å². The number of anilines is 2. The lowest BCUT2D eigenvalue weighted by atomic mass is 10.1. The third kappa shape index (κ3) is 5.80. The van der Waals surface area contributed by atoms with Gasteiger partial charge in [-0.25, -0.2) is 23.2 Å². The van der Waals surface area contributed by atoms with E-state index in [1.807, 2.05) is 0 Å². The highest BCUT2D eigenvalue weighted by atomic mass is 32.1. The zero-order valence-electron chi connectivity index (χ0n) is 20.8. The summed E-state index contributed by atoms with van der Waals surface area (Å²) in [6.45, 7) is 0.230. The Kier molecular flexibility index (Phi) is 8.34. The first-order chi connectivity index (χ1) is 18.8. The van der Waals surface area contributed by atoms with Gasteiger partial charge in [0.15, 0.2) is 28.8 Å². The molecule has 14 heteroatoms. The standard InChI is InChI=1S/C25H22F2N2O9S/c1-33-18-8-14(27)15(9-19(18)38-10-12-13(26)4-5-17-21(12)37-7-6-36-17)28-25(32)29-16-11-39-22(24(31)35-3)20(16)23(30)34-2/h4-5,8-9,11H,6-7,10H2,1-3H3,(H2,28,29,32). The van der Waals surface area contributed by atoms with Crippen molar-refractivity contribution < 1.29 is 51.6 Å². The van der Waals surface area contributed by atoms with E-state index in [0.29, 0.717) is 12.4 Å². The zero-order valence-corrected chi connectivity index (χ0v) is 21.7. The van der Waals surface area contributed by atoms with E-state index >= 15 is 0 Å². The van der Waals surface area contributed by atoms with E-state index in [2.05, 4.69) is 15.4 Å². The van der Waals surface area contributed by atoms with Crippen LogP contribution in [0.3, 0.4) is 0 Å². The van der Waals surface area contributed by atoms with Gasteiger partial charge in [0.25, 0.3) is 0 Å². The molecule has 0 fully saturated rings. The maximum Gasteiger partial charge on any atom is 0.349 e. The van der Waals surface area contributed by atoms with Gasteiger partial charge >= 0.3 is 18.0 Å². The summed E-state index contributed by atoms with van der Waals surface area (Å²) < 4.78 is 60.5. The number of esters is 2. The average Bonchev–Trinajstić information content (AvgIpc) is 3.36. The maximum atomic E-state index is 14.8. The number of nitrogens with one attached hydrogen (secondary N) is 2. The second-order valence-electron chi connectivity index (χ2n) is 7.74. The van der Waals surface area contributed by atoms with Crippen LogP contribution in [-0.4, -0.2) is 52.5 Å². The van der Waals surface area contributed by atoms with Crippen molar-refractivity contribution in [1.82, 2.24) is 0 Å². The Morgan fingerprint density at radius 2 is 1.64 bits per heavy atom. The van der Waals surface area contributed by atoms with Gasteiger partial charge in [0.2, 0.25) is 0 Å². The van der Waals surface area contributed by atoms with Crippen LogP contribution < -0.4 is 29.6 Å². The van der Waals surface area contributed by atoms with Gasteiger partial charge in [0.05, 0.1) is 38.3 Å². The molecule has 1 aliphatic rings. The maximum absolute atomic E-state index is 14.8. The number of thiophene rings is 1. The van der Waals surface area contributed by atoms with Gasteiger partial charge in [-0.05, 0) is 12.1 Å². The van der Waals surface area contributed by atoms with Crippen molar-refractivity contribution in [3.05, 3.63) is 57.3 Å². The molecule has 0 radical (unpaired) electrons. The number of carbonyl (C=O) groups excluding carboxylic acids is 3. The Morgan fingerprint density at radius 3 is 2.36 bits per heavy atom. The number of methoxy groups -OCH3 is 3. The molecule has 2 aromatic carbocycles. The van der Waals surface area contributed by atoms with E-state index in [-0.39, 0.29) is 57.8 Å². The number of hydrogen-bond acceptors (Lipinski definition) is 10. The first-order valence-corrected chi connectivity index (χ1v) is 12.1. The molecule has 0 atom stereocenters. The van der Waals surface area contributed by atoms with Gasteiger partial charge in [-0.3, -0.25) is 0 Å². The summed E-state index contributed by atoms with van der Waals surface area (Å²) in [5.74, 6) is -2.63. The molecule has 2 N–H and O–H groups in total. The van der Waals surface area contributed by atoms with Crippen LogP contribution in [0.4, 0.5) is 25.0 Å². The third-order valence-electron chi connectivity index (χ3n) is 5.43. The summed E-state index contributed by atoms with van der Waals surface area (Å²) >= 11 is 0.848. The number of hydrogen-bond donors (Lipinski definition) is 2. The molecule has 2 heterocycles. The highest BCUT2D eigenvalue weighted by molar-refractivity contribution is 7.13. The number of carbonyl (C=O) groups is 3. The first kappa shape index (κ1) is 27.4. The van der Waals surface area contributed by atoms with Gasteiger partial charge in [-0.2, -0.15) is 0 Å². The molecule has 0 unspecified atom stereocenters. The minimum Gasteiger partial charge on any atom is -0.493 e. The largest absolute Gasteiger partial charge is 0.493 e. The van der Waals surface area contributed by atoms with E-state index < -0.39 is 29.6 Å². The second-order valence-corrected chi connectivity index (χ2v) is 8.62. The SMILES string of the molecule is COC(=O)c1scc(NC(=O)Nc2cc(OCc3c(F)ccc4c3OCCO4)c(OC)cc2F)c1C(=O)OC. The minimum absolute atomic E-state index is 0.0123. The molecule has 0 saturated heterocycles. The van der Waals surface area contributed by atoms with Crippen molar-refractivity contribution in [3.8, 4) is 23.0 Å². The van der Waals surface area contributed by atoms with Crippen molar-refractivity contribution in [2.24, 2.45) is 0 Å². The molecule has 0 spiro atoms. The number of ether oxygens (including phenoxy) is 6. The molecule has 0 aliphatic carbocycles. The van der Waals surface area contributed by atoms with Crippen LogP contribution >= 0.6 is 11.3 Å². The smallest absolute Gasteiger partial charge is 0.349 e. The minimum atomic E-state index is -0.946. The fourth-order valence-electron chi connectivity index (χ4n) is 3.61. The van der Waals surface area contributed by atoms with Gasteiger partial charge in [-0.15, -0.1) is 11.3 Å². The molecular weight excluding hydrogens is 542 g/mol. The highest BCUT2D eigenvalue weighted by Gasteiger charge is 2.27. The Balaban J connectivity index is 1.55. The lowest BCUT2D eigenvalue weighted by molar-refractivity contribution is 0.0561. The van der Waals surface area contributed by atoms with E-state index in [1.165, 1.54) is 24.6 Å². The number of urea groups is 1. The fourth-order valence-corrected chi connectivity index (χ4v) is 4.51. The number of fused-ring (bicyclic) bond motifs is 1. The van der Waals surface area contributed by atoms with E-state index in [1.54, 1.807) is 0 Å². The zero-order chi connectivity index (χ0) is 28.1. The Morgan fingerprint density at radius 1 is 0.923 bits per heavy atom. The van der Waals surface area contributed by atoms with Gasteiger partial charge < -0.3 is 39.1 Å². The summed E-state index contributed by atoms with van der Waals surface area (Å²) in [5, 5.41) is 6.02. The molecule has 0 bridgehead atoms. The Bertz CT molecular complexity index is 1430. The number of benzene rings is 2. The fraction of sp³-hybridized carbons (Fsp3) is 0.240. The van der Waals surface area contributed by atoms with Crippen molar-refractivity contribution in [3.63, 3.8) is 0 Å². The van der Waals surface area contributed by atoms with Crippen LogP contribution in [0.2, 0.25) is 0 Å². The summed E-state index contributed by atoms with van der Waals surface area (Å²) in [4.78, 5) is 36.8. The van der Waals surface area contributed by atoms with Gasteiger partial charge in [-0.1, -0.05) is 0 Å². The van der Waals surface area contributed by atoms with Crippen LogP contribution in [0, 0.1) is 11.6 Å². The molecular formula is C25H22F2N2O9S. The van der Waals surface area contributed by atoms with Gasteiger partial charge in [0.1, 0.15) is 36.1 Å². The van der Waals surface area contributed by atoms with Crippen molar-refractivity contribution in [2.75, 3.05) is 45.2 Å². The lowest BCUT2D eigenvalue weighted by Gasteiger charge is -2.22. The van der Waals surface area contributed by atoms with Crippen molar-refractivity contribution in [1.29, 1.82) is 0 Å². The summed E-state index contributed by atoms with van der Waals surface area (Å²) in [6.07, 6.45) is 0. The predicted molar refractivity (Wildman–Crippen MR) is 134 cm³/mol. The molecule has 1 aromatic heterocycles. The van der Waals surface area contributed by atoms with Gasteiger partial charge in [0, 0.05) is 17.5 Å². The monoisotopic (exact) mass is 564 g/mol. The molecule has 1 aliphatic heterocycles. The molecule has 39 heavy (non-hydrogen) atoms. The van der Waals surface area contributed by atoms with Crippen LogP contribution in [-0.2, 0) is 16.1 Å². The number of amides is 2. The summed E-state index contributed by atoms with van der Waals surface area (Å²) in [5.41, 5.74) is -0.508. The molecule has 3 aromatic rings. The normalized spacial score (nSPS) is 11.8. The number of halogens is 2. The average molecular weight is 565 g/mol. The Hall–Kier alpha value is -4.59. The van der Waals surface area contributed by atoms with Crippen LogP contribution in [0.5, 0.6) is 23.0 Å². The van der Waals surface area contributed by atoms with E-state index in [0.717, 1.165) is 37.7 Å². The summed E-state index contributed by atoms with van der Waals surface area (Å²) in [7, 11) is 3.53. The number of rotatable bonds is 8. The van der Waals surface area contributed by atoms with E-state index in [9.17, 15) is 23.2 Å². The van der Waals surface area contributed by atoms with Crippen LogP contribution in [0.1, 0.15) is 25.6 Å².